The number of guanidine groups is 1. The van der Waals surface area contributed by atoms with Crippen LogP contribution in [0, 0.1) is 5.92 Å². The maximum absolute atomic E-state index is 13.1. The standard InChI is InChI=1S/C22H43N9O6/c1-12(2)17(31-18(33)13(24)6-3-4-10-23)20(35)29-14(7-5-11-28-22(26)27)19(34)30-15(21(36)37)8-9-16(25)32/h12-15,17H,3-11,23-24H2,1-2H3,(H2,25,32)(H,29,35)(H,30,34)(H,31,33)(H,36,37)(H4,26,27,28). The van der Waals surface area contributed by atoms with E-state index in [1.807, 2.05) is 0 Å². The van der Waals surface area contributed by atoms with Crippen LogP contribution in [0.5, 0.6) is 0 Å². The smallest absolute Gasteiger partial charge is 0.326 e. The van der Waals surface area contributed by atoms with Gasteiger partial charge in [-0.15, -0.1) is 0 Å². The van der Waals surface area contributed by atoms with Crippen molar-refractivity contribution in [3.8, 4) is 0 Å². The van der Waals surface area contributed by atoms with Crippen molar-refractivity contribution in [1.29, 1.82) is 0 Å². The molecule has 0 bridgehead atoms. The molecule has 0 heterocycles. The number of carbonyl (C=O) groups is 5. The van der Waals surface area contributed by atoms with Gasteiger partial charge in [0.05, 0.1) is 6.04 Å². The highest BCUT2D eigenvalue weighted by atomic mass is 16.4. The van der Waals surface area contributed by atoms with Gasteiger partial charge in [-0.2, -0.15) is 0 Å². The second-order valence-electron chi connectivity index (χ2n) is 9.04. The van der Waals surface area contributed by atoms with E-state index < -0.39 is 53.8 Å². The average Bonchev–Trinajstić information content (AvgIpc) is 2.80. The van der Waals surface area contributed by atoms with Gasteiger partial charge < -0.3 is 49.7 Å². The molecule has 0 saturated heterocycles. The van der Waals surface area contributed by atoms with E-state index in [9.17, 15) is 29.1 Å². The van der Waals surface area contributed by atoms with Crippen LogP contribution in [-0.2, 0) is 24.0 Å². The Morgan fingerprint density at radius 2 is 1.43 bits per heavy atom. The molecule has 0 aliphatic carbocycles. The van der Waals surface area contributed by atoms with Gasteiger partial charge in [-0.25, -0.2) is 4.79 Å². The molecule has 0 radical (unpaired) electrons. The number of nitrogens with zero attached hydrogens (tertiary/aromatic N) is 1. The SMILES string of the molecule is CC(C)C(NC(=O)C(N)CCCCN)C(=O)NC(CCCN=C(N)N)C(=O)NC(CCC(N)=O)C(=O)O. The fraction of sp³-hybridized carbons (Fsp3) is 0.727. The first-order valence-electron chi connectivity index (χ1n) is 12.2. The van der Waals surface area contributed by atoms with Crippen molar-refractivity contribution in [2.24, 2.45) is 39.6 Å². The number of nitrogens with two attached hydrogens (primary N) is 5. The van der Waals surface area contributed by atoms with E-state index in [0.29, 0.717) is 25.8 Å². The molecule has 0 aromatic rings. The van der Waals surface area contributed by atoms with Crippen LogP contribution in [0.3, 0.4) is 0 Å². The van der Waals surface area contributed by atoms with Gasteiger partial charge in [0.2, 0.25) is 23.6 Å². The second kappa shape index (κ2) is 17.9. The first-order valence-corrected chi connectivity index (χ1v) is 12.2. The van der Waals surface area contributed by atoms with Crippen molar-refractivity contribution in [3.05, 3.63) is 0 Å². The predicted octanol–water partition coefficient (Wildman–Crippen LogP) is -3.04. The molecule has 4 unspecified atom stereocenters. The highest BCUT2D eigenvalue weighted by molar-refractivity contribution is 5.94. The molecule has 212 valence electrons. The fourth-order valence-electron chi connectivity index (χ4n) is 3.29. The zero-order valence-corrected chi connectivity index (χ0v) is 21.6. The number of hydrogen-bond acceptors (Lipinski definition) is 8. The van der Waals surface area contributed by atoms with Gasteiger partial charge >= 0.3 is 5.97 Å². The van der Waals surface area contributed by atoms with Crippen LogP contribution in [-0.4, -0.2) is 77.9 Å². The summed E-state index contributed by atoms with van der Waals surface area (Å²) in [6.07, 6.45) is 1.62. The molecule has 0 rings (SSSR count). The lowest BCUT2D eigenvalue weighted by molar-refractivity contribution is -0.142. The molecule has 4 atom stereocenters. The Kier molecular flexibility index (Phi) is 16.2. The largest absolute Gasteiger partial charge is 0.480 e. The quantitative estimate of drug-likeness (QED) is 0.0463. The molecule has 0 aliphatic heterocycles. The normalized spacial score (nSPS) is 14.1. The Labute approximate surface area is 216 Å². The van der Waals surface area contributed by atoms with E-state index in [-0.39, 0.29) is 44.1 Å². The van der Waals surface area contributed by atoms with Gasteiger partial charge in [-0.3, -0.25) is 24.2 Å². The summed E-state index contributed by atoms with van der Waals surface area (Å²) in [6, 6.07) is -4.41. The molecule has 0 saturated carbocycles. The van der Waals surface area contributed by atoms with Gasteiger partial charge in [0, 0.05) is 13.0 Å². The Balaban J connectivity index is 5.52. The van der Waals surface area contributed by atoms with Crippen LogP contribution >= 0.6 is 0 Å². The van der Waals surface area contributed by atoms with Gasteiger partial charge in [0.1, 0.15) is 18.1 Å². The van der Waals surface area contributed by atoms with Crippen molar-refractivity contribution in [3.63, 3.8) is 0 Å². The monoisotopic (exact) mass is 529 g/mol. The number of nitrogens with one attached hydrogen (secondary N) is 3. The van der Waals surface area contributed by atoms with E-state index in [1.165, 1.54) is 0 Å². The van der Waals surface area contributed by atoms with Gasteiger partial charge in [0.15, 0.2) is 5.96 Å². The summed E-state index contributed by atoms with van der Waals surface area (Å²) in [5.41, 5.74) is 27.1. The first kappa shape index (κ1) is 33.5. The number of amides is 4. The van der Waals surface area contributed by atoms with Crippen LogP contribution in [0.25, 0.3) is 0 Å². The van der Waals surface area contributed by atoms with E-state index in [0.717, 1.165) is 0 Å². The van der Waals surface area contributed by atoms with E-state index in [1.54, 1.807) is 13.8 Å². The summed E-state index contributed by atoms with van der Waals surface area (Å²) in [6.45, 7) is 4.06. The van der Waals surface area contributed by atoms with Crippen LogP contribution in [0.15, 0.2) is 4.99 Å². The van der Waals surface area contributed by atoms with Crippen LogP contribution in [0.1, 0.15) is 58.8 Å². The lowest BCUT2D eigenvalue weighted by atomic mass is 10.0. The maximum atomic E-state index is 13.1. The topological polar surface area (TPSA) is 284 Å². The Morgan fingerprint density at radius 1 is 0.811 bits per heavy atom. The molecule has 15 nitrogen and oxygen atoms in total. The molecule has 0 fully saturated rings. The summed E-state index contributed by atoms with van der Waals surface area (Å²) in [5, 5.41) is 16.9. The molecular formula is C22H43N9O6. The second-order valence-corrected chi connectivity index (χ2v) is 9.04. The molecule has 0 aromatic heterocycles. The number of aliphatic imine (C=N–C) groups is 1. The summed E-state index contributed by atoms with van der Waals surface area (Å²) in [5.74, 6) is -4.54. The summed E-state index contributed by atoms with van der Waals surface area (Å²) >= 11 is 0. The number of carbonyl (C=O) groups excluding carboxylic acids is 4. The highest BCUT2D eigenvalue weighted by Gasteiger charge is 2.31. The van der Waals surface area contributed by atoms with Crippen molar-refractivity contribution in [2.75, 3.05) is 13.1 Å². The third-order valence-electron chi connectivity index (χ3n) is 5.43. The molecule has 0 spiro atoms. The number of carboxylic acid groups (broad SMARTS) is 1. The van der Waals surface area contributed by atoms with Gasteiger partial charge in [0.25, 0.3) is 0 Å². The van der Waals surface area contributed by atoms with Crippen molar-refractivity contribution in [2.45, 2.75) is 83.0 Å². The van der Waals surface area contributed by atoms with Gasteiger partial charge in [-0.1, -0.05) is 20.3 Å². The third-order valence-corrected chi connectivity index (χ3v) is 5.43. The lowest BCUT2D eigenvalue weighted by Crippen LogP contribution is -2.58. The molecule has 14 N–H and O–H groups in total. The zero-order chi connectivity index (χ0) is 28.5. The van der Waals surface area contributed by atoms with Crippen molar-refractivity contribution < 1.29 is 29.1 Å². The van der Waals surface area contributed by atoms with Crippen molar-refractivity contribution in [1.82, 2.24) is 16.0 Å². The number of rotatable bonds is 19. The summed E-state index contributed by atoms with van der Waals surface area (Å²) in [7, 11) is 0. The summed E-state index contributed by atoms with van der Waals surface area (Å²) in [4.78, 5) is 65.0. The summed E-state index contributed by atoms with van der Waals surface area (Å²) < 4.78 is 0. The van der Waals surface area contributed by atoms with Crippen molar-refractivity contribution >= 4 is 35.6 Å². The average molecular weight is 530 g/mol. The Morgan fingerprint density at radius 3 is 1.95 bits per heavy atom. The van der Waals surface area contributed by atoms with E-state index in [2.05, 4.69) is 20.9 Å². The minimum absolute atomic E-state index is 0.0634. The van der Waals surface area contributed by atoms with E-state index in [4.69, 9.17) is 28.7 Å². The molecule has 15 heteroatoms. The number of carboxylic acids is 1. The number of aliphatic carboxylic acids is 1. The highest BCUT2D eigenvalue weighted by Crippen LogP contribution is 2.08. The molecular weight excluding hydrogens is 486 g/mol. The molecule has 0 aromatic carbocycles. The number of primary amides is 1. The Hall–Kier alpha value is -3.46. The molecule has 0 aliphatic rings. The van der Waals surface area contributed by atoms with Gasteiger partial charge in [-0.05, 0) is 44.6 Å². The van der Waals surface area contributed by atoms with Crippen LogP contribution < -0.4 is 44.6 Å². The minimum atomic E-state index is -1.40. The van der Waals surface area contributed by atoms with E-state index >= 15 is 0 Å². The zero-order valence-electron chi connectivity index (χ0n) is 21.6. The van der Waals surface area contributed by atoms with Crippen LogP contribution in [0.2, 0.25) is 0 Å². The Bertz CT molecular complexity index is 802. The minimum Gasteiger partial charge on any atom is -0.480 e. The predicted molar refractivity (Wildman–Crippen MR) is 137 cm³/mol. The molecule has 4 amide bonds. The third kappa shape index (κ3) is 14.6. The maximum Gasteiger partial charge on any atom is 0.326 e. The first-order chi connectivity index (χ1) is 17.3. The number of hydrogen-bond donors (Lipinski definition) is 9. The lowest BCUT2D eigenvalue weighted by Gasteiger charge is -2.27. The fourth-order valence-corrected chi connectivity index (χ4v) is 3.29. The molecule has 37 heavy (non-hydrogen) atoms. The van der Waals surface area contributed by atoms with Crippen LogP contribution in [0.4, 0.5) is 0 Å². The number of unbranched alkanes of at least 4 members (excludes halogenated alkanes) is 1.